The molecule has 7 rings (SSSR count). The molecule has 0 aliphatic heterocycles. The number of rotatable bonds is 6. The van der Waals surface area contributed by atoms with Crippen molar-refractivity contribution in [2.45, 2.75) is 72.1 Å². The van der Waals surface area contributed by atoms with E-state index < -0.39 is 5.89 Å². The fourth-order valence-electron chi connectivity index (χ4n) is 5.89. The second-order valence-corrected chi connectivity index (χ2v) is 14.6. The average Bonchev–Trinajstić information content (AvgIpc) is 3.67. The molecule has 3 aromatic carbocycles. The van der Waals surface area contributed by atoms with Gasteiger partial charge in [-0.3, -0.25) is 4.57 Å². The monoisotopic (exact) mass is 827 g/mol. The SMILES string of the molecule is [2H]C(C)(C)c1ccnc(-n2c3[c-]c(Oc4[c-]c(-n5[c-][n+](-c6cc(C(C)(C)C)cc(C(C)(C)C)c6)cc5)cnc4)ccc3c3ccccc32)c1.[Pt]. The molecule has 0 bridgehead atoms. The van der Waals surface area contributed by atoms with Gasteiger partial charge in [-0.15, -0.1) is 23.6 Å². The van der Waals surface area contributed by atoms with Gasteiger partial charge in [-0.2, -0.15) is 6.07 Å². The third-order valence-corrected chi connectivity index (χ3v) is 8.74. The summed E-state index contributed by atoms with van der Waals surface area (Å²) < 4.78 is 20.9. The maximum Gasteiger partial charge on any atom is 0.267 e. The number of fused-ring (bicyclic) bond motifs is 3. The van der Waals surface area contributed by atoms with Crippen molar-refractivity contribution in [2.24, 2.45) is 0 Å². The van der Waals surface area contributed by atoms with Crippen molar-refractivity contribution in [2.75, 3.05) is 0 Å². The van der Waals surface area contributed by atoms with Gasteiger partial charge in [-0.05, 0) is 81.0 Å². The van der Waals surface area contributed by atoms with E-state index in [1.54, 1.807) is 18.6 Å². The number of hydrogen-bond donors (Lipinski definition) is 0. The van der Waals surface area contributed by atoms with Crippen molar-refractivity contribution in [3.8, 4) is 28.7 Å². The van der Waals surface area contributed by atoms with Gasteiger partial charge in [0.25, 0.3) is 6.33 Å². The number of ether oxygens (including phenoxy) is 1. The Labute approximate surface area is 305 Å². The molecule has 0 saturated heterocycles. The first-order chi connectivity index (χ1) is 23.1. The number of aromatic nitrogens is 5. The summed E-state index contributed by atoms with van der Waals surface area (Å²) in [6.07, 6.45) is 12.6. The Hall–Kier alpha value is -4.54. The minimum Gasteiger partial charge on any atom is -0.508 e. The third-order valence-electron chi connectivity index (χ3n) is 8.74. The molecule has 0 N–H and O–H groups in total. The van der Waals surface area contributed by atoms with Crippen molar-refractivity contribution >= 4 is 21.8 Å². The number of pyridine rings is 2. The van der Waals surface area contributed by atoms with Gasteiger partial charge in [0.05, 0.1) is 5.69 Å². The van der Waals surface area contributed by atoms with E-state index in [4.69, 9.17) is 11.1 Å². The third kappa shape index (κ3) is 6.85. The Morgan fingerprint density at radius 1 is 0.837 bits per heavy atom. The van der Waals surface area contributed by atoms with E-state index >= 15 is 0 Å². The molecule has 0 saturated carbocycles. The Bertz CT molecular complexity index is 2300. The van der Waals surface area contributed by atoms with Crippen molar-refractivity contribution < 1.29 is 31.7 Å². The zero-order valence-electron chi connectivity index (χ0n) is 30.2. The summed E-state index contributed by atoms with van der Waals surface area (Å²) in [4.78, 5) is 9.18. The average molecular weight is 828 g/mol. The van der Waals surface area contributed by atoms with Crippen LogP contribution in [-0.2, 0) is 31.9 Å². The van der Waals surface area contributed by atoms with E-state index in [1.165, 1.54) is 11.1 Å². The molecule has 0 atom stereocenters. The molecule has 7 heteroatoms. The summed E-state index contributed by atoms with van der Waals surface area (Å²) in [5.41, 5.74) is 7.07. The molecule has 0 amide bonds. The van der Waals surface area contributed by atoms with Gasteiger partial charge in [-0.1, -0.05) is 91.4 Å². The largest absolute Gasteiger partial charge is 0.508 e. The van der Waals surface area contributed by atoms with Crippen molar-refractivity contribution in [3.05, 3.63) is 133 Å². The molecule has 252 valence electrons. The summed E-state index contributed by atoms with van der Waals surface area (Å²) in [6.45, 7) is 17.2. The van der Waals surface area contributed by atoms with Crippen molar-refractivity contribution in [1.29, 1.82) is 0 Å². The second kappa shape index (κ2) is 13.1. The predicted molar refractivity (Wildman–Crippen MR) is 192 cm³/mol. The molecule has 4 heterocycles. The van der Waals surface area contributed by atoms with Crippen LogP contribution in [0.25, 0.3) is 39.0 Å². The van der Waals surface area contributed by atoms with E-state index in [1.807, 2.05) is 65.7 Å². The van der Waals surface area contributed by atoms with Crippen LogP contribution in [-0.4, -0.2) is 19.1 Å². The fourth-order valence-corrected chi connectivity index (χ4v) is 5.89. The summed E-state index contributed by atoms with van der Waals surface area (Å²) in [6, 6.07) is 29.7. The molecular weight excluding hydrogens is 786 g/mol. The Morgan fingerprint density at radius 3 is 2.29 bits per heavy atom. The zero-order valence-corrected chi connectivity index (χ0v) is 31.5. The Balaban J connectivity index is 0.00000432. The molecule has 4 aromatic heterocycles. The topological polar surface area (TPSA) is 48.8 Å². The summed E-state index contributed by atoms with van der Waals surface area (Å²) in [5, 5.41) is 2.12. The van der Waals surface area contributed by atoms with E-state index in [0.29, 0.717) is 17.2 Å². The molecule has 0 radical (unpaired) electrons. The normalized spacial score (nSPS) is 12.6. The minimum absolute atomic E-state index is 0. The first-order valence-electron chi connectivity index (χ1n) is 16.8. The molecule has 49 heavy (non-hydrogen) atoms. The first-order valence-corrected chi connectivity index (χ1v) is 16.3. The fraction of sp³-hybridized carbons (Fsp3) is 0.262. The number of para-hydroxylation sites is 1. The predicted octanol–water partition coefficient (Wildman–Crippen LogP) is 9.55. The zero-order chi connectivity index (χ0) is 34.7. The van der Waals surface area contributed by atoms with Gasteiger partial charge in [0.15, 0.2) is 0 Å². The van der Waals surface area contributed by atoms with E-state index in [2.05, 4.69) is 106 Å². The summed E-state index contributed by atoms with van der Waals surface area (Å²) in [7, 11) is 0. The van der Waals surface area contributed by atoms with Gasteiger partial charge in [-0.25, -0.2) is 4.98 Å². The molecular formula is C42H41N5OPt-2. The van der Waals surface area contributed by atoms with E-state index in [-0.39, 0.29) is 31.9 Å². The molecule has 0 spiro atoms. The van der Waals surface area contributed by atoms with Crippen molar-refractivity contribution in [1.82, 2.24) is 19.1 Å². The van der Waals surface area contributed by atoms with Gasteiger partial charge >= 0.3 is 0 Å². The maximum atomic E-state index is 8.59. The van der Waals surface area contributed by atoms with Gasteiger partial charge in [0.2, 0.25) is 0 Å². The van der Waals surface area contributed by atoms with E-state index in [9.17, 15) is 0 Å². The van der Waals surface area contributed by atoms with Crippen LogP contribution in [0, 0.1) is 18.5 Å². The van der Waals surface area contributed by atoms with E-state index in [0.717, 1.165) is 38.9 Å². The second-order valence-electron chi connectivity index (χ2n) is 14.6. The number of imidazole rings is 1. The Morgan fingerprint density at radius 2 is 1.57 bits per heavy atom. The van der Waals surface area contributed by atoms with Crippen molar-refractivity contribution in [3.63, 3.8) is 0 Å². The van der Waals surface area contributed by atoms with Crippen LogP contribution < -0.4 is 9.30 Å². The minimum atomic E-state index is -0.759. The molecule has 0 aliphatic rings. The van der Waals surface area contributed by atoms with Gasteiger partial charge < -0.3 is 18.9 Å². The number of nitrogens with zero attached hydrogens (tertiary/aromatic N) is 5. The van der Waals surface area contributed by atoms with Crippen LogP contribution in [0.15, 0.2) is 97.7 Å². The van der Waals surface area contributed by atoms with Crippen LogP contribution in [0.5, 0.6) is 11.5 Å². The first kappa shape index (κ1) is 33.0. The van der Waals surface area contributed by atoms with Crippen LogP contribution in [0.1, 0.15) is 79.3 Å². The number of hydrogen-bond acceptors (Lipinski definition) is 3. The molecule has 6 nitrogen and oxygen atoms in total. The Kier molecular flexibility index (Phi) is 8.79. The molecule has 0 aliphatic carbocycles. The maximum absolute atomic E-state index is 8.59. The van der Waals surface area contributed by atoms with Gasteiger partial charge in [0.1, 0.15) is 5.82 Å². The standard InChI is InChI=1S/C42H41N5O.Pt/c1-28(2)29-15-16-44-40(19-29)47-38-12-10-9-11-36(38)37-14-13-34(24-39(37)47)48-35-23-33(25-43-26-35)46-18-17-45(27-46)32-21-30(41(3,4)5)20-31(22-32)42(6,7)8;/h9-22,25-26,28H,1-8H3;/q-2;/i28D;. The smallest absolute Gasteiger partial charge is 0.267 e. The molecule has 7 aromatic rings. The summed E-state index contributed by atoms with van der Waals surface area (Å²) in [5.74, 6) is 0.964. The van der Waals surface area contributed by atoms with Gasteiger partial charge in [0, 0.05) is 58.0 Å². The molecule has 0 unspecified atom stereocenters. The number of benzene rings is 3. The van der Waals surface area contributed by atoms with Crippen LogP contribution in [0.4, 0.5) is 0 Å². The van der Waals surface area contributed by atoms with Crippen LogP contribution in [0.2, 0.25) is 0 Å². The van der Waals surface area contributed by atoms with Crippen LogP contribution >= 0.6 is 0 Å². The quantitative estimate of drug-likeness (QED) is 0.124. The molecule has 0 fully saturated rings. The van der Waals surface area contributed by atoms with Crippen LogP contribution in [0.3, 0.4) is 0 Å². The summed E-state index contributed by atoms with van der Waals surface area (Å²) >= 11 is 0.